The zero-order valence-electron chi connectivity index (χ0n) is 6.27. The number of hydrogen-bond donors (Lipinski definition) is 0. The summed E-state index contributed by atoms with van der Waals surface area (Å²) in [5, 5.41) is -2.35. The average Bonchev–Trinajstić information content (AvgIpc) is 1.85. The molecule has 0 saturated carbocycles. The standard InChI is InChI=1S/C6H11Cl3OP/c1-2-3-4-10-5-6-11(7,8)9/h5-6H,2-4H2,1H3/q+1/b6-5+. The maximum Gasteiger partial charge on any atom is 0.335 e. The van der Waals surface area contributed by atoms with Crippen LogP contribution in [0.15, 0.2) is 12.1 Å². The van der Waals surface area contributed by atoms with Crippen LogP contribution in [0.25, 0.3) is 0 Å². The third-order valence-corrected chi connectivity index (χ3v) is 2.42. The first-order valence-electron chi connectivity index (χ1n) is 3.33. The van der Waals surface area contributed by atoms with Gasteiger partial charge >= 0.3 is 5.32 Å². The summed E-state index contributed by atoms with van der Waals surface area (Å²) in [4.78, 5) is 0. The second-order valence-electron chi connectivity index (χ2n) is 1.99. The molecular weight excluding hydrogens is 225 g/mol. The summed E-state index contributed by atoms with van der Waals surface area (Å²) >= 11 is 16.6. The lowest BCUT2D eigenvalue weighted by Crippen LogP contribution is -1.84. The first-order chi connectivity index (χ1) is 5.06. The van der Waals surface area contributed by atoms with Crippen LogP contribution in [0.3, 0.4) is 0 Å². The zero-order valence-corrected chi connectivity index (χ0v) is 9.43. The fourth-order valence-electron chi connectivity index (χ4n) is 0.408. The Morgan fingerprint density at radius 2 is 2.00 bits per heavy atom. The summed E-state index contributed by atoms with van der Waals surface area (Å²) in [7, 11) is 0. The van der Waals surface area contributed by atoms with Crippen molar-refractivity contribution < 1.29 is 4.74 Å². The van der Waals surface area contributed by atoms with E-state index in [9.17, 15) is 0 Å². The lowest BCUT2D eigenvalue weighted by Gasteiger charge is -1.96. The normalized spacial score (nSPS) is 12.4. The van der Waals surface area contributed by atoms with Crippen molar-refractivity contribution in [2.45, 2.75) is 19.8 Å². The smallest absolute Gasteiger partial charge is 0.335 e. The SMILES string of the molecule is CCCCO/C=C/[P+](Cl)(Cl)Cl. The maximum atomic E-state index is 5.52. The summed E-state index contributed by atoms with van der Waals surface area (Å²) in [5.41, 5.74) is 0. The van der Waals surface area contributed by atoms with Gasteiger partial charge in [0.05, 0.1) is 6.61 Å². The van der Waals surface area contributed by atoms with E-state index in [0.29, 0.717) is 6.61 Å². The van der Waals surface area contributed by atoms with Crippen molar-refractivity contribution in [1.29, 1.82) is 0 Å². The van der Waals surface area contributed by atoms with Gasteiger partial charge in [0.2, 0.25) is 0 Å². The Labute approximate surface area is 82.4 Å². The quantitative estimate of drug-likeness (QED) is 0.380. The van der Waals surface area contributed by atoms with Crippen LogP contribution in [0, 0.1) is 0 Å². The summed E-state index contributed by atoms with van der Waals surface area (Å²) in [6, 6.07) is 0. The minimum absolute atomic E-state index is 0.692. The Bertz CT molecular complexity index is 121. The molecule has 0 unspecified atom stereocenters. The molecule has 66 valence electrons. The molecule has 0 aromatic carbocycles. The second-order valence-corrected chi connectivity index (χ2v) is 9.62. The number of halogens is 3. The lowest BCUT2D eigenvalue weighted by molar-refractivity contribution is 0.244. The molecule has 0 spiro atoms. The molecule has 0 bridgehead atoms. The van der Waals surface area contributed by atoms with Gasteiger partial charge in [0.15, 0.2) is 0 Å². The molecule has 0 amide bonds. The molecule has 0 radical (unpaired) electrons. The van der Waals surface area contributed by atoms with E-state index in [4.69, 9.17) is 38.5 Å². The largest absolute Gasteiger partial charge is 0.498 e. The molecule has 0 saturated heterocycles. The molecule has 5 heteroatoms. The highest BCUT2D eigenvalue weighted by Crippen LogP contribution is 2.75. The van der Waals surface area contributed by atoms with Gasteiger partial charge in [-0.2, -0.15) is 0 Å². The van der Waals surface area contributed by atoms with Crippen LogP contribution in [0.1, 0.15) is 19.8 Å². The third kappa shape index (κ3) is 10.8. The van der Waals surface area contributed by atoms with E-state index >= 15 is 0 Å². The van der Waals surface area contributed by atoms with Gasteiger partial charge in [-0.1, -0.05) is 13.3 Å². The molecule has 11 heavy (non-hydrogen) atoms. The zero-order chi connectivity index (χ0) is 8.74. The Kier molecular flexibility index (Phi) is 6.85. The molecule has 0 fully saturated rings. The highest BCUT2D eigenvalue weighted by Gasteiger charge is 2.28. The van der Waals surface area contributed by atoms with Crippen LogP contribution in [0.4, 0.5) is 0 Å². The molecule has 0 aromatic heterocycles. The van der Waals surface area contributed by atoms with Crippen molar-refractivity contribution in [2.24, 2.45) is 0 Å². The maximum absolute atomic E-state index is 5.52. The monoisotopic (exact) mass is 235 g/mol. The summed E-state index contributed by atoms with van der Waals surface area (Å²) in [6.45, 7) is 2.78. The Morgan fingerprint density at radius 3 is 2.45 bits per heavy atom. The van der Waals surface area contributed by atoms with E-state index in [1.807, 2.05) is 0 Å². The van der Waals surface area contributed by atoms with Crippen molar-refractivity contribution in [3.63, 3.8) is 0 Å². The molecule has 0 heterocycles. The van der Waals surface area contributed by atoms with Gasteiger partial charge in [-0.05, 0) is 6.42 Å². The molecule has 0 aliphatic rings. The van der Waals surface area contributed by atoms with Crippen LogP contribution in [-0.4, -0.2) is 6.61 Å². The van der Waals surface area contributed by atoms with Gasteiger partial charge in [0, 0.05) is 0 Å². The van der Waals surface area contributed by atoms with Crippen molar-refractivity contribution in [3.8, 4) is 0 Å². The van der Waals surface area contributed by atoms with Gasteiger partial charge in [0.25, 0.3) is 0 Å². The van der Waals surface area contributed by atoms with Crippen LogP contribution in [0.5, 0.6) is 0 Å². The van der Waals surface area contributed by atoms with Gasteiger partial charge in [-0.3, -0.25) is 0 Å². The highest BCUT2D eigenvalue weighted by molar-refractivity contribution is 8.34. The van der Waals surface area contributed by atoms with Gasteiger partial charge < -0.3 is 4.74 Å². The molecule has 0 aromatic rings. The predicted molar refractivity (Wildman–Crippen MR) is 54.5 cm³/mol. The van der Waals surface area contributed by atoms with E-state index in [1.54, 1.807) is 0 Å². The average molecular weight is 236 g/mol. The molecule has 1 nitrogen and oxygen atoms in total. The van der Waals surface area contributed by atoms with E-state index in [2.05, 4.69) is 6.92 Å². The number of rotatable bonds is 5. The van der Waals surface area contributed by atoms with Crippen LogP contribution < -0.4 is 0 Å². The van der Waals surface area contributed by atoms with Crippen molar-refractivity contribution >= 4 is 39.0 Å². The van der Waals surface area contributed by atoms with E-state index in [-0.39, 0.29) is 0 Å². The molecular formula is C6H11Cl3OP+. The Morgan fingerprint density at radius 1 is 1.36 bits per heavy atom. The topological polar surface area (TPSA) is 9.23 Å². The first-order valence-corrected chi connectivity index (χ1v) is 7.90. The molecule has 0 aliphatic heterocycles. The van der Waals surface area contributed by atoms with Crippen LogP contribution >= 0.6 is 39.0 Å². The molecule has 0 atom stereocenters. The molecule has 0 rings (SSSR count). The second kappa shape index (κ2) is 6.37. The van der Waals surface area contributed by atoms with E-state index < -0.39 is 5.32 Å². The van der Waals surface area contributed by atoms with Crippen molar-refractivity contribution in [2.75, 3.05) is 6.61 Å². The Balaban J connectivity index is 3.30. The Hall–Kier alpha value is 0.840. The predicted octanol–water partition coefficient (Wildman–Crippen LogP) is 4.75. The molecule has 0 N–H and O–H groups in total. The summed E-state index contributed by atoms with van der Waals surface area (Å²) in [5.74, 6) is 1.49. The first kappa shape index (κ1) is 11.8. The van der Waals surface area contributed by atoms with Crippen molar-refractivity contribution in [1.82, 2.24) is 0 Å². The molecule has 0 aliphatic carbocycles. The minimum Gasteiger partial charge on any atom is -0.498 e. The van der Waals surface area contributed by atoms with Gasteiger partial charge in [0.1, 0.15) is 45.8 Å². The van der Waals surface area contributed by atoms with Gasteiger partial charge in [-0.25, -0.2) is 0 Å². The van der Waals surface area contributed by atoms with Crippen LogP contribution in [0.2, 0.25) is 0 Å². The van der Waals surface area contributed by atoms with Gasteiger partial charge in [-0.15, -0.1) is 0 Å². The van der Waals surface area contributed by atoms with Crippen LogP contribution in [-0.2, 0) is 4.74 Å². The van der Waals surface area contributed by atoms with E-state index in [1.165, 1.54) is 12.1 Å². The fraction of sp³-hybridized carbons (Fsp3) is 0.667. The lowest BCUT2D eigenvalue weighted by atomic mass is 10.4. The third-order valence-electron chi connectivity index (χ3n) is 0.942. The highest BCUT2D eigenvalue weighted by atomic mass is 36.1. The number of ether oxygens (including phenoxy) is 1. The summed E-state index contributed by atoms with van der Waals surface area (Å²) in [6.07, 6.45) is 3.61. The fourth-order valence-corrected chi connectivity index (χ4v) is 1.05. The van der Waals surface area contributed by atoms with Crippen molar-refractivity contribution in [3.05, 3.63) is 12.1 Å². The minimum atomic E-state index is -2.35. The number of unbranched alkanes of at least 4 members (excludes halogenated alkanes) is 1. The van der Waals surface area contributed by atoms with E-state index in [0.717, 1.165) is 12.8 Å². The summed E-state index contributed by atoms with van der Waals surface area (Å²) < 4.78 is 5.04. The number of hydrogen-bond acceptors (Lipinski definition) is 1.